The molecular weight excluding hydrogens is 300 g/mol. The Morgan fingerprint density at radius 3 is 2.95 bits per heavy atom. The first-order valence-corrected chi connectivity index (χ1v) is 7.04. The summed E-state index contributed by atoms with van der Waals surface area (Å²) in [4.78, 5) is 23.2. The lowest BCUT2D eigenvalue weighted by Crippen LogP contribution is -2.19. The maximum absolute atomic E-state index is 11.9. The maximum Gasteiger partial charge on any atom is 0.286 e. The van der Waals surface area contributed by atoms with Crippen LogP contribution in [0.5, 0.6) is 0 Å². The van der Waals surface area contributed by atoms with Gasteiger partial charge in [0.2, 0.25) is 15.4 Å². The summed E-state index contributed by atoms with van der Waals surface area (Å²) in [6.07, 6.45) is 1.12. The number of aryl methyl sites for hydroxylation is 1. The van der Waals surface area contributed by atoms with Gasteiger partial charge in [-0.3, -0.25) is 9.59 Å². The summed E-state index contributed by atoms with van der Waals surface area (Å²) in [6, 6.07) is 5.34. The van der Waals surface area contributed by atoms with Gasteiger partial charge in [-0.1, -0.05) is 11.3 Å². The van der Waals surface area contributed by atoms with E-state index in [1.807, 2.05) is 6.07 Å². The largest absolute Gasteiger partial charge is 0.326 e. The summed E-state index contributed by atoms with van der Waals surface area (Å²) in [5.41, 5.74) is 2.44. The Kier molecular flexibility index (Phi) is 3.37. The molecule has 0 spiro atoms. The van der Waals surface area contributed by atoms with E-state index < -0.39 is 0 Å². The topological polar surface area (TPSA) is 84.0 Å². The van der Waals surface area contributed by atoms with Gasteiger partial charge in [-0.05, 0) is 41.8 Å². The van der Waals surface area contributed by atoms with Gasteiger partial charge in [-0.15, -0.1) is 10.2 Å². The second-order valence-electron chi connectivity index (χ2n) is 4.23. The number of fused-ring (bicyclic) bond motifs is 1. The molecule has 0 aliphatic carbocycles. The highest BCUT2D eigenvalue weighted by Gasteiger charge is 2.16. The van der Waals surface area contributed by atoms with E-state index in [9.17, 15) is 9.59 Å². The van der Waals surface area contributed by atoms with E-state index in [1.165, 1.54) is 0 Å². The lowest BCUT2D eigenvalue weighted by atomic mass is 10.0. The number of nitrogens with zero attached hydrogens (tertiary/aromatic N) is 2. The summed E-state index contributed by atoms with van der Waals surface area (Å²) in [5, 5.41) is 13.0. The van der Waals surface area contributed by atoms with Crippen molar-refractivity contribution in [1.82, 2.24) is 10.2 Å². The summed E-state index contributed by atoms with van der Waals surface area (Å²) in [5.74, 6) is -0.341. The van der Waals surface area contributed by atoms with E-state index in [2.05, 4.69) is 20.8 Å². The molecule has 0 radical (unpaired) electrons. The molecule has 1 aromatic carbocycles. The highest BCUT2D eigenvalue weighted by atomic mass is 35.5. The third kappa shape index (κ3) is 2.63. The molecule has 1 aromatic heterocycles. The first-order chi connectivity index (χ1) is 9.61. The van der Waals surface area contributed by atoms with Gasteiger partial charge in [0.15, 0.2) is 0 Å². The quantitative estimate of drug-likeness (QED) is 0.892. The predicted molar refractivity (Wildman–Crippen MR) is 76.3 cm³/mol. The molecule has 1 aliphatic heterocycles. The monoisotopic (exact) mass is 308 g/mol. The van der Waals surface area contributed by atoms with E-state index in [4.69, 9.17) is 11.6 Å². The molecule has 1 aliphatic rings. The van der Waals surface area contributed by atoms with Crippen molar-refractivity contribution in [2.45, 2.75) is 12.8 Å². The Morgan fingerprint density at radius 2 is 2.20 bits per heavy atom. The van der Waals surface area contributed by atoms with Crippen LogP contribution in [0.3, 0.4) is 0 Å². The van der Waals surface area contributed by atoms with Crippen molar-refractivity contribution in [3.05, 3.63) is 33.2 Å². The van der Waals surface area contributed by atoms with Gasteiger partial charge in [0.1, 0.15) is 0 Å². The van der Waals surface area contributed by atoms with Crippen molar-refractivity contribution in [3.63, 3.8) is 0 Å². The van der Waals surface area contributed by atoms with E-state index in [1.54, 1.807) is 12.1 Å². The van der Waals surface area contributed by atoms with Crippen molar-refractivity contribution in [3.8, 4) is 0 Å². The van der Waals surface area contributed by atoms with Gasteiger partial charge in [0.25, 0.3) is 5.91 Å². The van der Waals surface area contributed by atoms with Gasteiger partial charge in [0.05, 0.1) is 0 Å². The molecule has 8 heteroatoms. The van der Waals surface area contributed by atoms with Gasteiger partial charge in [0, 0.05) is 17.8 Å². The van der Waals surface area contributed by atoms with Gasteiger partial charge >= 0.3 is 0 Å². The van der Waals surface area contributed by atoms with Crippen LogP contribution in [-0.4, -0.2) is 22.0 Å². The van der Waals surface area contributed by atoms with E-state index in [0.29, 0.717) is 18.5 Å². The first kappa shape index (κ1) is 13.0. The lowest BCUT2D eigenvalue weighted by molar-refractivity contribution is -0.116. The van der Waals surface area contributed by atoms with Crippen LogP contribution in [-0.2, 0) is 11.2 Å². The lowest BCUT2D eigenvalue weighted by Gasteiger charge is -2.17. The number of nitrogens with one attached hydrogen (secondary N) is 2. The fourth-order valence-electron chi connectivity index (χ4n) is 1.94. The molecule has 2 N–H and O–H groups in total. The number of anilines is 2. The van der Waals surface area contributed by atoms with Gasteiger partial charge in [-0.25, -0.2) is 0 Å². The summed E-state index contributed by atoms with van der Waals surface area (Å²) in [7, 11) is 0. The zero-order valence-corrected chi connectivity index (χ0v) is 11.7. The van der Waals surface area contributed by atoms with Crippen molar-refractivity contribution in [2.24, 2.45) is 0 Å². The number of amides is 2. The number of hydrogen-bond acceptors (Lipinski definition) is 5. The molecule has 0 unspecified atom stereocenters. The maximum atomic E-state index is 11.9. The van der Waals surface area contributed by atoms with Crippen LogP contribution in [0.4, 0.5) is 11.4 Å². The molecule has 0 atom stereocenters. The van der Waals surface area contributed by atoms with Crippen LogP contribution in [0.1, 0.15) is 21.8 Å². The second kappa shape index (κ2) is 5.18. The van der Waals surface area contributed by atoms with Gasteiger partial charge < -0.3 is 10.6 Å². The molecule has 0 fully saturated rings. The molecule has 2 amide bonds. The predicted octanol–water partition coefficient (Wildman–Crippen LogP) is 2.33. The molecule has 3 rings (SSSR count). The number of carbonyl (C=O) groups excluding carboxylic acids is 2. The molecule has 2 aromatic rings. The minimum atomic E-state index is -0.353. The fraction of sp³-hybridized carbons (Fsp3) is 0.167. The second-order valence-corrected chi connectivity index (χ2v) is 5.79. The van der Waals surface area contributed by atoms with Gasteiger partial charge in [-0.2, -0.15) is 0 Å². The van der Waals surface area contributed by atoms with Crippen molar-refractivity contribution < 1.29 is 9.59 Å². The third-order valence-corrected chi connectivity index (χ3v) is 3.87. The van der Waals surface area contributed by atoms with Crippen LogP contribution in [0.15, 0.2) is 18.2 Å². The Hall–Kier alpha value is -1.99. The average Bonchev–Trinajstić information content (AvgIpc) is 2.86. The molecule has 0 bridgehead atoms. The number of benzene rings is 1. The average molecular weight is 309 g/mol. The Bertz CT molecular complexity index is 701. The minimum Gasteiger partial charge on any atom is -0.326 e. The zero-order valence-electron chi connectivity index (χ0n) is 10.1. The normalized spacial score (nSPS) is 13.6. The number of halogens is 1. The number of carbonyl (C=O) groups is 2. The van der Waals surface area contributed by atoms with Crippen molar-refractivity contribution >= 4 is 46.1 Å². The first-order valence-electron chi connectivity index (χ1n) is 5.85. The van der Waals surface area contributed by atoms with E-state index in [-0.39, 0.29) is 21.3 Å². The van der Waals surface area contributed by atoms with Crippen LogP contribution < -0.4 is 10.6 Å². The summed E-state index contributed by atoms with van der Waals surface area (Å²) < 4.78 is 0.225. The standard InChI is InChI=1S/C12H9ClN4O2S/c13-12-17-16-11(20-12)10(19)14-7-2-3-8-6(5-7)1-4-9(18)15-8/h2-3,5H,1,4H2,(H,14,19)(H,15,18). The SMILES string of the molecule is O=C1CCc2cc(NC(=O)c3nnc(Cl)s3)ccc2N1. The van der Waals surface area contributed by atoms with Crippen molar-refractivity contribution in [2.75, 3.05) is 10.6 Å². The molecule has 0 saturated carbocycles. The smallest absolute Gasteiger partial charge is 0.286 e. The summed E-state index contributed by atoms with van der Waals surface area (Å²) in [6.45, 7) is 0. The molecule has 0 saturated heterocycles. The fourth-order valence-corrected chi connectivity index (χ4v) is 2.67. The highest BCUT2D eigenvalue weighted by Crippen LogP contribution is 2.26. The Labute approximate surface area is 123 Å². The molecule has 20 heavy (non-hydrogen) atoms. The van der Waals surface area contributed by atoms with Crippen LogP contribution in [0, 0.1) is 0 Å². The number of hydrogen-bond donors (Lipinski definition) is 2. The molecular formula is C12H9ClN4O2S. The van der Waals surface area contributed by atoms with E-state index >= 15 is 0 Å². The summed E-state index contributed by atoms with van der Waals surface area (Å²) >= 11 is 6.66. The third-order valence-electron chi connectivity index (χ3n) is 2.85. The van der Waals surface area contributed by atoms with Crippen molar-refractivity contribution in [1.29, 1.82) is 0 Å². The minimum absolute atomic E-state index is 0.0118. The van der Waals surface area contributed by atoms with Crippen LogP contribution in [0.2, 0.25) is 4.47 Å². The number of rotatable bonds is 2. The highest BCUT2D eigenvalue weighted by molar-refractivity contribution is 7.17. The van der Waals surface area contributed by atoms with Crippen LogP contribution in [0.25, 0.3) is 0 Å². The molecule has 6 nitrogen and oxygen atoms in total. The molecule has 2 heterocycles. The molecule has 102 valence electrons. The van der Waals surface area contributed by atoms with Crippen LogP contribution >= 0.6 is 22.9 Å². The Balaban J connectivity index is 1.78. The van der Waals surface area contributed by atoms with E-state index in [0.717, 1.165) is 22.6 Å². The Morgan fingerprint density at radius 1 is 1.35 bits per heavy atom. The number of aromatic nitrogens is 2. The zero-order chi connectivity index (χ0) is 14.1.